The lowest BCUT2D eigenvalue weighted by Crippen LogP contribution is -2.33. The Bertz CT molecular complexity index is 569. The summed E-state index contributed by atoms with van der Waals surface area (Å²) in [6.45, 7) is 8.44. The Balaban J connectivity index is 0.00000312. The molecule has 1 aromatic rings. The summed E-state index contributed by atoms with van der Waals surface area (Å²) in [4.78, 5) is 28.2. The van der Waals surface area contributed by atoms with Gasteiger partial charge >= 0.3 is 0 Å². The molecule has 0 bridgehead atoms. The first-order valence-corrected chi connectivity index (χ1v) is 9.46. The number of nitrogens with zero attached hydrogens (tertiary/aromatic N) is 1. The minimum Gasteiger partial charge on any atom is -0.356 e. The van der Waals surface area contributed by atoms with Gasteiger partial charge in [0.15, 0.2) is 5.13 Å². The first-order valence-electron chi connectivity index (χ1n) is 8.58. The summed E-state index contributed by atoms with van der Waals surface area (Å²) in [7, 11) is 0. The standard InChI is InChI=1S/C17H28N4O2S.2ClH/c1-17(2,3)15(23)21-16-20-13(11-24-16)9-14(22)19-8-6-12-5-4-7-18-10-12;;/h11-12,18H,4-10H2,1-3H3,(H,19,22)(H,20,21,23);2*1H. The SMILES string of the molecule is CC(C)(C)C(=O)Nc1nc(CC(=O)NCCC2CCCNC2)cs1.Cl.Cl. The number of halogens is 2. The fraction of sp³-hybridized carbons (Fsp3) is 0.706. The molecule has 0 aromatic carbocycles. The molecule has 1 aliphatic heterocycles. The number of hydrogen-bond donors (Lipinski definition) is 3. The number of anilines is 1. The molecule has 9 heteroatoms. The zero-order chi connectivity index (χ0) is 17.6. The van der Waals surface area contributed by atoms with Crippen molar-refractivity contribution in [3.05, 3.63) is 11.1 Å². The molecule has 1 unspecified atom stereocenters. The lowest BCUT2D eigenvalue weighted by atomic mass is 9.96. The molecule has 1 atom stereocenters. The summed E-state index contributed by atoms with van der Waals surface area (Å²) in [6.07, 6.45) is 3.74. The van der Waals surface area contributed by atoms with Gasteiger partial charge in [0, 0.05) is 17.3 Å². The number of hydrogen-bond acceptors (Lipinski definition) is 5. The molecule has 1 aromatic heterocycles. The molecular formula is C17H30Cl2N4O2S. The van der Waals surface area contributed by atoms with E-state index in [1.807, 2.05) is 26.2 Å². The van der Waals surface area contributed by atoms with E-state index in [4.69, 9.17) is 0 Å². The highest BCUT2D eigenvalue weighted by molar-refractivity contribution is 7.13. The van der Waals surface area contributed by atoms with Crippen LogP contribution in [0, 0.1) is 11.3 Å². The number of carbonyl (C=O) groups excluding carboxylic acids is 2. The Hall–Kier alpha value is -0.890. The van der Waals surface area contributed by atoms with E-state index in [-0.39, 0.29) is 43.0 Å². The van der Waals surface area contributed by atoms with Crippen molar-refractivity contribution in [2.24, 2.45) is 11.3 Å². The second kappa shape index (κ2) is 11.7. The van der Waals surface area contributed by atoms with Crippen LogP contribution >= 0.6 is 36.2 Å². The van der Waals surface area contributed by atoms with Crippen LogP contribution in [0.3, 0.4) is 0 Å². The summed E-state index contributed by atoms with van der Waals surface area (Å²) in [5, 5.41) is 11.5. The first kappa shape index (κ1) is 25.1. The van der Waals surface area contributed by atoms with Crippen molar-refractivity contribution in [1.82, 2.24) is 15.6 Å². The highest BCUT2D eigenvalue weighted by Crippen LogP contribution is 2.20. The van der Waals surface area contributed by atoms with E-state index in [1.54, 1.807) is 0 Å². The predicted octanol–water partition coefficient (Wildman–Crippen LogP) is 3.02. The van der Waals surface area contributed by atoms with Gasteiger partial charge in [0.1, 0.15) is 0 Å². The minimum atomic E-state index is -0.461. The molecule has 2 rings (SSSR count). The van der Waals surface area contributed by atoms with Crippen LogP contribution in [0.15, 0.2) is 5.38 Å². The van der Waals surface area contributed by atoms with Crippen molar-refractivity contribution < 1.29 is 9.59 Å². The molecule has 2 amide bonds. The van der Waals surface area contributed by atoms with Crippen molar-refractivity contribution in [1.29, 1.82) is 0 Å². The van der Waals surface area contributed by atoms with E-state index in [2.05, 4.69) is 20.9 Å². The molecule has 150 valence electrons. The van der Waals surface area contributed by atoms with Crippen LogP contribution in [-0.2, 0) is 16.0 Å². The van der Waals surface area contributed by atoms with Crippen LogP contribution < -0.4 is 16.0 Å². The van der Waals surface area contributed by atoms with Crippen LogP contribution in [0.4, 0.5) is 5.13 Å². The average Bonchev–Trinajstić information content (AvgIpc) is 2.94. The smallest absolute Gasteiger partial charge is 0.231 e. The predicted molar refractivity (Wildman–Crippen MR) is 112 cm³/mol. The van der Waals surface area contributed by atoms with Gasteiger partial charge in [-0.3, -0.25) is 9.59 Å². The van der Waals surface area contributed by atoms with Gasteiger partial charge in [0.25, 0.3) is 0 Å². The number of rotatable bonds is 6. The van der Waals surface area contributed by atoms with Gasteiger partial charge in [-0.15, -0.1) is 36.2 Å². The first-order chi connectivity index (χ1) is 11.3. The average molecular weight is 425 g/mol. The summed E-state index contributed by atoms with van der Waals surface area (Å²) < 4.78 is 0. The lowest BCUT2D eigenvalue weighted by molar-refractivity contribution is -0.123. The van der Waals surface area contributed by atoms with Crippen LogP contribution in [0.2, 0.25) is 0 Å². The topological polar surface area (TPSA) is 83.1 Å². The van der Waals surface area contributed by atoms with Gasteiger partial charge in [-0.05, 0) is 38.3 Å². The number of aromatic nitrogens is 1. The van der Waals surface area contributed by atoms with E-state index in [0.717, 1.165) is 19.5 Å². The van der Waals surface area contributed by atoms with Gasteiger partial charge in [-0.2, -0.15) is 0 Å². The summed E-state index contributed by atoms with van der Waals surface area (Å²) in [6, 6.07) is 0. The molecule has 1 fully saturated rings. The van der Waals surface area contributed by atoms with Gasteiger partial charge in [-0.25, -0.2) is 4.98 Å². The van der Waals surface area contributed by atoms with Gasteiger partial charge < -0.3 is 16.0 Å². The fourth-order valence-electron chi connectivity index (χ4n) is 2.54. The Kier molecular flexibility index (Phi) is 11.3. The van der Waals surface area contributed by atoms with E-state index in [1.165, 1.54) is 24.2 Å². The van der Waals surface area contributed by atoms with Crippen molar-refractivity contribution in [2.75, 3.05) is 25.0 Å². The third-order valence-electron chi connectivity index (χ3n) is 4.07. The molecular weight excluding hydrogens is 395 g/mol. The van der Waals surface area contributed by atoms with Gasteiger partial charge in [-0.1, -0.05) is 20.8 Å². The maximum absolute atomic E-state index is 12.0. The molecule has 6 nitrogen and oxygen atoms in total. The zero-order valence-electron chi connectivity index (χ0n) is 15.6. The largest absolute Gasteiger partial charge is 0.356 e. The van der Waals surface area contributed by atoms with Crippen LogP contribution in [-0.4, -0.2) is 36.4 Å². The summed E-state index contributed by atoms with van der Waals surface area (Å²) in [5.41, 5.74) is 0.234. The maximum atomic E-state index is 12.0. The highest BCUT2D eigenvalue weighted by Gasteiger charge is 2.22. The van der Waals surface area contributed by atoms with Crippen molar-refractivity contribution in [3.63, 3.8) is 0 Å². The van der Waals surface area contributed by atoms with E-state index >= 15 is 0 Å². The van der Waals surface area contributed by atoms with Gasteiger partial charge in [0.2, 0.25) is 11.8 Å². The van der Waals surface area contributed by atoms with Crippen molar-refractivity contribution in [2.45, 2.75) is 46.5 Å². The molecule has 0 spiro atoms. The second-order valence-electron chi connectivity index (χ2n) is 7.38. The fourth-order valence-corrected chi connectivity index (χ4v) is 3.25. The third kappa shape index (κ3) is 8.66. The quantitative estimate of drug-likeness (QED) is 0.654. The molecule has 0 aliphatic carbocycles. The highest BCUT2D eigenvalue weighted by atomic mass is 35.5. The number of nitrogens with one attached hydrogen (secondary N) is 3. The zero-order valence-corrected chi connectivity index (χ0v) is 18.0. The third-order valence-corrected chi connectivity index (χ3v) is 4.88. The molecule has 1 aliphatic rings. The van der Waals surface area contributed by atoms with Crippen molar-refractivity contribution in [3.8, 4) is 0 Å². The van der Waals surface area contributed by atoms with E-state index in [0.29, 0.717) is 23.3 Å². The summed E-state index contributed by atoms with van der Waals surface area (Å²) >= 11 is 1.35. The Labute approximate surface area is 172 Å². The van der Waals surface area contributed by atoms with E-state index < -0.39 is 5.41 Å². The minimum absolute atomic E-state index is 0. The molecule has 26 heavy (non-hydrogen) atoms. The van der Waals surface area contributed by atoms with Crippen LogP contribution in [0.5, 0.6) is 0 Å². The number of piperidine rings is 1. The van der Waals surface area contributed by atoms with E-state index in [9.17, 15) is 9.59 Å². The molecule has 1 saturated heterocycles. The van der Waals surface area contributed by atoms with Crippen LogP contribution in [0.1, 0.15) is 45.7 Å². The molecule has 0 radical (unpaired) electrons. The lowest BCUT2D eigenvalue weighted by Gasteiger charge is -2.22. The number of thiazole rings is 1. The number of amides is 2. The molecule has 2 heterocycles. The maximum Gasteiger partial charge on any atom is 0.231 e. The molecule has 0 saturated carbocycles. The summed E-state index contributed by atoms with van der Waals surface area (Å²) in [5.74, 6) is 0.573. The van der Waals surface area contributed by atoms with Gasteiger partial charge in [0.05, 0.1) is 12.1 Å². The number of carbonyl (C=O) groups is 2. The van der Waals surface area contributed by atoms with Crippen molar-refractivity contribution >= 4 is 53.1 Å². The normalized spacial score (nSPS) is 16.8. The molecule has 3 N–H and O–H groups in total. The Morgan fingerprint density at radius 3 is 2.69 bits per heavy atom. The monoisotopic (exact) mass is 424 g/mol. The Morgan fingerprint density at radius 2 is 2.08 bits per heavy atom. The van der Waals surface area contributed by atoms with Crippen LogP contribution in [0.25, 0.3) is 0 Å². The second-order valence-corrected chi connectivity index (χ2v) is 8.23. The Morgan fingerprint density at radius 1 is 1.35 bits per heavy atom.